The number of rotatable bonds is 5. The van der Waals surface area contributed by atoms with E-state index in [9.17, 15) is 0 Å². The summed E-state index contributed by atoms with van der Waals surface area (Å²) in [5, 5.41) is 9.98. The lowest BCUT2D eigenvalue weighted by Gasteiger charge is -2.07. The zero-order chi connectivity index (χ0) is 17.9. The van der Waals surface area contributed by atoms with Crippen molar-refractivity contribution in [1.29, 1.82) is 5.26 Å². The van der Waals surface area contributed by atoms with E-state index in [2.05, 4.69) is 31.2 Å². The largest absolute Gasteiger partial charge is 0.350 e. The molecule has 0 aliphatic rings. The van der Waals surface area contributed by atoms with Crippen LogP contribution in [0.25, 0.3) is 10.6 Å². The predicted molar refractivity (Wildman–Crippen MR) is 102 cm³/mol. The van der Waals surface area contributed by atoms with E-state index in [1.54, 1.807) is 11.3 Å². The predicted octanol–water partition coefficient (Wildman–Crippen LogP) is 3.86. The van der Waals surface area contributed by atoms with Gasteiger partial charge in [0.15, 0.2) is 0 Å². The lowest BCUT2D eigenvalue weighted by atomic mass is 10.1. The molecule has 5 nitrogen and oxygen atoms in total. The van der Waals surface area contributed by atoms with Crippen LogP contribution < -0.4 is 0 Å². The second-order valence-corrected chi connectivity index (χ2v) is 7.24. The van der Waals surface area contributed by atoms with Crippen LogP contribution in [0.15, 0.2) is 61.3 Å². The molecule has 0 amide bonds. The summed E-state index contributed by atoms with van der Waals surface area (Å²) in [6.45, 7) is 0.733. The zero-order valence-corrected chi connectivity index (χ0v) is 15.1. The van der Waals surface area contributed by atoms with Crippen LogP contribution in [0.4, 0.5) is 0 Å². The Morgan fingerprint density at radius 2 is 2.00 bits per heavy atom. The van der Waals surface area contributed by atoms with Crippen molar-refractivity contribution in [3.8, 4) is 16.6 Å². The molecule has 0 atom stereocenters. The van der Waals surface area contributed by atoms with E-state index in [4.69, 9.17) is 5.26 Å². The van der Waals surface area contributed by atoms with Crippen molar-refractivity contribution in [2.75, 3.05) is 0 Å². The van der Waals surface area contributed by atoms with Crippen molar-refractivity contribution >= 4 is 11.3 Å². The van der Waals surface area contributed by atoms with E-state index < -0.39 is 0 Å². The van der Waals surface area contributed by atoms with Gasteiger partial charge < -0.3 is 9.13 Å². The lowest BCUT2D eigenvalue weighted by molar-refractivity contribution is 0.752. The average molecular weight is 359 g/mol. The van der Waals surface area contributed by atoms with Crippen LogP contribution in [-0.2, 0) is 20.0 Å². The highest BCUT2D eigenvalue weighted by atomic mass is 32.1. The van der Waals surface area contributed by atoms with E-state index in [-0.39, 0.29) is 0 Å². The van der Waals surface area contributed by atoms with Crippen LogP contribution in [0.3, 0.4) is 0 Å². The quantitative estimate of drug-likeness (QED) is 0.544. The van der Waals surface area contributed by atoms with Gasteiger partial charge in [-0.15, -0.1) is 11.3 Å². The Balaban J connectivity index is 1.51. The number of thiazole rings is 1. The molecule has 0 fully saturated rings. The van der Waals surface area contributed by atoms with Crippen molar-refractivity contribution in [2.24, 2.45) is 7.05 Å². The number of imidazole rings is 1. The Morgan fingerprint density at radius 1 is 1.15 bits per heavy atom. The third-order valence-electron chi connectivity index (χ3n) is 4.32. The molecule has 0 spiro atoms. The fraction of sp³-hybridized carbons (Fsp3) is 0.150. The highest BCUT2D eigenvalue weighted by molar-refractivity contribution is 7.15. The smallest absolute Gasteiger partial charge is 0.0991 e. The fourth-order valence-corrected chi connectivity index (χ4v) is 3.90. The van der Waals surface area contributed by atoms with Crippen LogP contribution in [-0.4, -0.2) is 19.1 Å². The molecule has 4 aromatic rings. The highest BCUT2D eigenvalue weighted by Crippen LogP contribution is 2.27. The molecule has 0 saturated carbocycles. The van der Waals surface area contributed by atoms with Crippen LogP contribution in [0.5, 0.6) is 0 Å². The second kappa shape index (κ2) is 6.98. The third kappa shape index (κ3) is 3.30. The Hall–Kier alpha value is -3.17. The summed E-state index contributed by atoms with van der Waals surface area (Å²) < 4.78 is 4.23. The summed E-state index contributed by atoms with van der Waals surface area (Å²) in [4.78, 5) is 10.1. The maximum atomic E-state index is 8.91. The molecule has 0 aliphatic heterocycles. The third-order valence-corrected chi connectivity index (χ3v) is 5.34. The molecule has 0 aliphatic carbocycles. The SMILES string of the molecule is Cn1cccc1-c1cnc(Cc2cncn2Cc2ccc(C#N)cc2)s1. The van der Waals surface area contributed by atoms with Crippen molar-refractivity contribution < 1.29 is 0 Å². The van der Waals surface area contributed by atoms with E-state index in [0.29, 0.717) is 5.56 Å². The normalized spacial score (nSPS) is 10.8. The van der Waals surface area contributed by atoms with Gasteiger partial charge in [0.25, 0.3) is 0 Å². The van der Waals surface area contributed by atoms with E-state index >= 15 is 0 Å². The molecule has 0 saturated heterocycles. The van der Waals surface area contributed by atoms with Gasteiger partial charge in [0.2, 0.25) is 0 Å². The lowest BCUT2D eigenvalue weighted by Crippen LogP contribution is -2.03. The molecule has 0 N–H and O–H groups in total. The second-order valence-electron chi connectivity index (χ2n) is 6.12. The van der Waals surface area contributed by atoms with E-state index in [1.807, 2.05) is 62.3 Å². The first-order valence-electron chi connectivity index (χ1n) is 8.27. The van der Waals surface area contributed by atoms with Gasteiger partial charge in [-0.3, -0.25) is 0 Å². The molecule has 26 heavy (non-hydrogen) atoms. The van der Waals surface area contributed by atoms with Crippen LogP contribution in [0.2, 0.25) is 0 Å². The monoisotopic (exact) mass is 359 g/mol. The number of hydrogen-bond donors (Lipinski definition) is 0. The molecule has 4 rings (SSSR count). The molecule has 0 bridgehead atoms. The van der Waals surface area contributed by atoms with Crippen molar-refractivity contribution in [1.82, 2.24) is 19.1 Å². The minimum absolute atomic E-state index is 0.676. The van der Waals surface area contributed by atoms with Crippen LogP contribution in [0, 0.1) is 11.3 Å². The minimum Gasteiger partial charge on any atom is -0.350 e. The molecule has 1 aromatic carbocycles. The van der Waals surface area contributed by atoms with Gasteiger partial charge in [-0.25, -0.2) is 9.97 Å². The van der Waals surface area contributed by atoms with Crippen molar-refractivity contribution in [3.63, 3.8) is 0 Å². The first-order valence-corrected chi connectivity index (χ1v) is 9.09. The maximum absolute atomic E-state index is 8.91. The van der Waals surface area contributed by atoms with Crippen molar-refractivity contribution in [2.45, 2.75) is 13.0 Å². The van der Waals surface area contributed by atoms with Gasteiger partial charge in [0, 0.05) is 44.3 Å². The number of benzene rings is 1. The summed E-state index contributed by atoms with van der Waals surface area (Å²) in [5.74, 6) is 0. The topological polar surface area (TPSA) is 59.4 Å². The van der Waals surface area contributed by atoms with Gasteiger partial charge in [-0.2, -0.15) is 5.26 Å². The molecule has 128 valence electrons. The summed E-state index contributed by atoms with van der Waals surface area (Å²) in [5.41, 5.74) is 4.13. The number of nitrogens with zero attached hydrogens (tertiary/aromatic N) is 5. The Bertz CT molecular complexity index is 1060. The van der Waals surface area contributed by atoms with E-state index in [1.165, 1.54) is 10.6 Å². The van der Waals surface area contributed by atoms with Gasteiger partial charge in [0.1, 0.15) is 0 Å². The van der Waals surface area contributed by atoms with Crippen molar-refractivity contribution in [3.05, 3.63) is 83.1 Å². The average Bonchev–Trinajstić information content (AvgIpc) is 3.38. The molecular formula is C20H17N5S. The molecule has 6 heteroatoms. The standard InChI is InChI=1S/C20H17N5S/c1-24-8-2-3-18(24)19-12-23-20(26-19)9-17-11-22-14-25(17)13-16-6-4-15(10-21)5-7-16/h2-8,11-12,14H,9,13H2,1H3. The first-order chi connectivity index (χ1) is 12.7. The minimum atomic E-state index is 0.676. The number of nitriles is 1. The van der Waals surface area contributed by atoms with Gasteiger partial charge >= 0.3 is 0 Å². The molecule has 0 radical (unpaired) electrons. The molecule has 0 unspecified atom stereocenters. The Kier molecular flexibility index (Phi) is 4.38. The highest BCUT2D eigenvalue weighted by Gasteiger charge is 2.10. The number of hydrogen-bond acceptors (Lipinski definition) is 4. The first kappa shape index (κ1) is 16.3. The molecule has 3 heterocycles. The summed E-state index contributed by atoms with van der Waals surface area (Å²) in [6, 6.07) is 14.0. The Labute approximate surface area is 155 Å². The maximum Gasteiger partial charge on any atom is 0.0991 e. The summed E-state index contributed by atoms with van der Waals surface area (Å²) >= 11 is 1.71. The molecule has 3 aromatic heterocycles. The van der Waals surface area contributed by atoms with Crippen LogP contribution >= 0.6 is 11.3 Å². The number of aryl methyl sites for hydroxylation is 1. The van der Waals surface area contributed by atoms with Gasteiger partial charge in [-0.05, 0) is 29.8 Å². The fourth-order valence-electron chi connectivity index (χ4n) is 2.90. The summed E-state index contributed by atoms with van der Waals surface area (Å²) in [7, 11) is 2.04. The molecular weight excluding hydrogens is 342 g/mol. The Morgan fingerprint density at radius 3 is 2.73 bits per heavy atom. The van der Waals surface area contributed by atoms with Gasteiger partial charge in [0.05, 0.1) is 33.5 Å². The van der Waals surface area contributed by atoms with Crippen LogP contribution in [0.1, 0.15) is 21.8 Å². The number of aromatic nitrogens is 4. The zero-order valence-electron chi connectivity index (χ0n) is 14.3. The van der Waals surface area contributed by atoms with E-state index in [0.717, 1.165) is 29.2 Å². The summed E-state index contributed by atoms with van der Waals surface area (Å²) in [6.07, 6.45) is 8.48. The van der Waals surface area contributed by atoms with Gasteiger partial charge in [-0.1, -0.05) is 12.1 Å².